The maximum Gasteiger partial charge on any atom is 0.325 e. The molecule has 3 atom stereocenters. The zero-order valence-corrected chi connectivity index (χ0v) is 37.6. The summed E-state index contributed by atoms with van der Waals surface area (Å²) in [7, 11) is 5.11. The predicted molar refractivity (Wildman–Crippen MR) is 239 cm³/mol. The summed E-state index contributed by atoms with van der Waals surface area (Å²) in [5.41, 5.74) is 0.842. The summed E-state index contributed by atoms with van der Waals surface area (Å²) in [5, 5.41) is 0. The summed E-state index contributed by atoms with van der Waals surface area (Å²) in [5.74, 6) is 1.20. The van der Waals surface area contributed by atoms with Crippen LogP contribution < -0.4 is 9.47 Å². The maximum atomic E-state index is 12.5. The van der Waals surface area contributed by atoms with E-state index in [0.717, 1.165) is 29.9 Å². The molecule has 0 N–H and O–H groups in total. The van der Waals surface area contributed by atoms with E-state index in [4.69, 9.17) is 23.7 Å². The molecule has 3 unspecified atom stereocenters. The molecule has 7 nitrogen and oxygen atoms in total. The fourth-order valence-electron chi connectivity index (χ4n) is 7.55. The minimum Gasteiger partial charge on any atom is -0.493 e. The van der Waals surface area contributed by atoms with Crippen molar-refractivity contribution in [3.63, 3.8) is 0 Å². The molecule has 7 heteroatoms. The van der Waals surface area contributed by atoms with Crippen LogP contribution in [0.1, 0.15) is 205 Å². The number of methoxy groups -OCH3 is 1. The van der Waals surface area contributed by atoms with Crippen LogP contribution in [0.25, 0.3) is 0 Å². The second-order valence-electron chi connectivity index (χ2n) is 16.6. The highest BCUT2D eigenvalue weighted by Gasteiger charge is 2.39. The lowest BCUT2D eigenvalue weighted by Crippen LogP contribution is -2.47. The molecule has 1 aliphatic heterocycles. The molecule has 0 radical (unpaired) electrons. The molecular formula is C50H87NO6. The Balaban J connectivity index is 1.72. The molecule has 1 aromatic rings. The fraction of sp³-hybridized carbons (Fsp3) is 0.780. The minimum atomic E-state index is -0.608. The lowest BCUT2D eigenvalue weighted by molar-refractivity contribution is -0.152. The lowest BCUT2D eigenvalue weighted by Gasteiger charge is -2.26. The molecule has 57 heavy (non-hydrogen) atoms. The van der Waals surface area contributed by atoms with Crippen LogP contribution in [0.3, 0.4) is 0 Å². The van der Waals surface area contributed by atoms with Crippen molar-refractivity contribution in [2.24, 2.45) is 0 Å². The fourth-order valence-corrected chi connectivity index (χ4v) is 7.55. The van der Waals surface area contributed by atoms with Gasteiger partial charge in [-0.05, 0) is 90.4 Å². The van der Waals surface area contributed by atoms with Crippen molar-refractivity contribution in [2.75, 3.05) is 41.0 Å². The standard InChI is InChI=1S/C50H87NO6/c1-6-8-10-12-14-16-18-20-22-24-26-28-30-32-34-36-38-54-45-40-44(50-56-43-47(57-50)48(51(3)4)49(52)53-5)41-46(42-45)55-39-37-35-33-31-29-27-25-23-21-19-17-15-13-11-9-7-2/h20-23,40-42,47-48,50H,6-19,24-39,43H2,1-5H3/b22-20-,23-21-. The van der Waals surface area contributed by atoms with Crippen molar-refractivity contribution in [3.05, 3.63) is 48.1 Å². The molecule has 0 bridgehead atoms. The second kappa shape index (κ2) is 35.6. The molecule has 0 aromatic heterocycles. The number of hydrogen-bond donors (Lipinski definition) is 0. The Hall–Kier alpha value is -2.35. The number of unbranched alkanes of at least 4 members (excludes halogenated alkanes) is 24. The third-order valence-electron chi connectivity index (χ3n) is 11.1. The van der Waals surface area contributed by atoms with Crippen molar-refractivity contribution < 1.29 is 28.5 Å². The number of allylic oxidation sites excluding steroid dienone is 4. The van der Waals surface area contributed by atoms with Gasteiger partial charge in [-0.3, -0.25) is 9.69 Å². The van der Waals surface area contributed by atoms with Crippen molar-refractivity contribution in [1.29, 1.82) is 0 Å². The van der Waals surface area contributed by atoms with Crippen molar-refractivity contribution in [3.8, 4) is 11.5 Å². The monoisotopic (exact) mass is 798 g/mol. The summed E-state index contributed by atoms with van der Waals surface area (Å²) in [6.45, 7) is 6.19. The van der Waals surface area contributed by atoms with E-state index in [1.165, 1.54) is 174 Å². The second-order valence-corrected chi connectivity index (χ2v) is 16.6. The van der Waals surface area contributed by atoms with Crippen LogP contribution in [0.15, 0.2) is 42.5 Å². The number of hydrogen-bond acceptors (Lipinski definition) is 7. The van der Waals surface area contributed by atoms with E-state index < -0.39 is 18.4 Å². The molecule has 328 valence electrons. The van der Waals surface area contributed by atoms with Crippen LogP contribution >= 0.6 is 0 Å². The molecule has 1 aliphatic rings. The van der Waals surface area contributed by atoms with E-state index in [2.05, 4.69) is 38.2 Å². The highest BCUT2D eigenvalue weighted by molar-refractivity contribution is 5.76. The van der Waals surface area contributed by atoms with Crippen molar-refractivity contribution >= 4 is 5.97 Å². The number of benzene rings is 1. The van der Waals surface area contributed by atoms with Crippen LogP contribution in [-0.4, -0.2) is 64.0 Å². The predicted octanol–water partition coefficient (Wildman–Crippen LogP) is 14.0. The van der Waals surface area contributed by atoms with E-state index in [1.54, 1.807) is 0 Å². The van der Waals surface area contributed by atoms with Crippen LogP contribution in [0.4, 0.5) is 0 Å². The van der Waals surface area contributed by atoms with Crippen LogP contribution in [0, 0.1) is 0 Å². The van der Waals surface area contributed by atoms with E-state index in [0.29, 0.717) is 19.8 Å². The zero-order valence-electron chi connectivity index (χ0n) is 37.6. The van der Waals surface area contributed by atoms with E-state index >= 15 is 0 Å². The minimum absolute atomic E-state index is 0.300. The largest absolute Gasteiger partial charge is 0.493 e. The third-order valence-corrected chi connectivity index (χ3v) is 11.1. The van der Waals surface area contributed by atoms with Crippen LogP contribution in [-0.2, 0) is 19.0 Å². The quantitative estimate of drug-likeness (QED) is 0.0375. The van der Waals surface area contributed by atoms with Gasteiger partial charge < -0.3 is 23.7 Å². The Bertz CT molecular complexity index is 1090. The molecular weight excluding hydrogens is 711 g/mol. The normalized spacial score (nSPS) is 16.3. The summed E-state index contributed by atoms with van der Waals surface area (Å²) < 4.78 is 30.0. The van der Waals surface area contributed by atoms with E-state index in [-0.39, 0.29) is 5.97 Å². The van der Waals surface area contributed by atoms with E-state index in [1.807, 2.05) is 37.2 Å². The van der Waals surface area contributed by atoms with Gasteiger partial charge in [-0.1, -0.05) is 154 Å². The van der Waals surface area contributed by atoms with Gasteiger partial charge in [0.15, 0.2) is 6.29 Å². The van der Waals surface area contributed by atoms with Gasteiger partial charge >= 0.3 is 5.97 Å². The number of ether oxygens (including phenoxy) is 5. The van der Waals surface area contributed by atoms with E-state index in [9.17, 15) is 4.79 Å². The van der Waals surface area contributed by atoms with Gasteiger partial charge in [0.05, 0.1) is 26.9 Å². The first-order chi connectivity index (χ1) is 28.0. The number of esters is 1. The number of rotatable bonds is 38. The summed E-state index contributed by atoms with van der Waals surface area (Å²) in [4.78, 5) is 14.3. The van der Waals surface area contributed by atoms with Gasteiger partial charge in [0.1, 0.15) is 23.6 Å². The molecule has 0 aliphatic carbocycles. The summed E-state index contributed by atoms with van der Waals surface area (Å²) >= 11 is 0. The highest BCUT2D eigenvalue weighted by Crippen LogP contribution is 2.34. The Morgan fingerprint density at radius 3 is 1.39 bits per heavy atom. The Morgan fingerprint density at radius 2 is 1.00 bits per heavy atom. The summed E-state index contributed by atoms with van der Waals surface area (Å²) in [6, 6.07) is 5.43. The highest BCUT2D eigenvalue weighted by atomic mass is 16.7. The molecule has 0 amide bonds. The Morgan fingerprint density at radius 1 is 0.614 bits per heavy atom. The first kappa shape index (κ1) is 50.8. The maximum absolute atomic E-state index is 12.5. The Labute approximate surface area is 351 Å². The molecule has 1 fully saturated rings. The molecule has 0 saturated carbocycles. The van der Waals surface area contributed by atoms with Gasteiger partial charge in [0.25, 0.3) is 0 Å². The van der Waals surface area contributed by atoms with Crippen molar-refractivity contribution in [1.82, 2.24) is 4.90 Å². The number of likely N-dealkylation sites (N-methyl/N-ethyl adjacent to an activating group) is 1. The van der Waals surface area contributed by atoms with Gasteiger partial charge in [-0.25, -0.2) is 0 Å². The average Bonchev–Trinajstić information content (AvgIpc) is 3.69. The molecule has 1 heterocycles. The smallest absolute Gasteiger partial charge is 0.325 e. The van der Waals surface area contributed by atoms with Crippen LogP contribution in [0.5, 0.6) is 11.5 Å². The molecule has 1 aromatic carbocycles. The van der Waals surface area contributed by atoms with Crippen LogP contribution in [0.2, 0.25) is 0 Å². The zero-order chi connectivity index (χ0) is 41.0. The first-order valence-electron chi connectivity index (χ1n) is 23.7. The van der Waals surface area contributed by atoms with Crippen molar-refractivity contribution in [2.45, 2.75) is 212 Å². The van der Waals surface area contributed by atoms with Gasteiger partial charge in [-0.2, -0.15) is 0 Å². The molecule has 1 saturated heterocycles. The average molecular weight is 798 g/mol. The Kier molecular flexibility index (Phi) is 31.7. The number of nitrogens with zero attached hydrogens (tertiary/aromatic N) is 1. The lowest BCUT2D eigenvalue weighted by atomic mass is 10.1. The molecule has 0 spiro atoms. The number of carbonyl (C=O) groups excluding carboxylic acids is 1. The van der Waals surface area contributed by atoms with Gasteiger partial charge in [0.2, 0.25) is 0 Å². The third kappa shape index (κ3) is 25.7. The SMILES string of the molecule is CCCCCCCC/C=C\CCCCCCCCOc1cc(OCCCCCCCC/C=C\CCCCCCCC)cc(C2OCC(C(C(=O)OC)N(C)C)O2)c1. The first-order valence-corrected chi connectivity index (χ1v) is 23.7. The summed E-state index contributed by atoms with van der Waals surface area (Å²) in [6.07, 6.45) is 44.5. The molecule has 2 rings (SSSR count). The number of carbonyl (C=O) groups is 1. The van der Waals surface area contributed by atoms with Gasteiger partial charge in [0, 0.05) is 11.6 Å². The topological polar surface area (TPSA) is 66.5 Å². The van der Waals surface area contributed by atoms with Gasteiger partial charge in [-0.15, -0.1) is 0 Å².